The zero-order valence-corrected chi connectivity index (χ0v) is 13.7. The van der Waals surface area contributed by atoms with Crippen LogP contribution in [-0.2, 0) is 14.3 Å². The number of nitrogens with zero attached hydrogens (tertiary/aromatic N) is 1. The summed E-state index contributed by atoms with van der Waals surface area (Å²) in [5.41, 5.74) is 0. The van der Waals surface area contributed by atoms with Crippen molar-refractivity contribution >= 4 is 5.97 Å². The van der Waals surface area contributed by atoms with Crippen LogP contribution in [0.15, 0.2) is 0 Å². The molecule has 0 spiro atoms. The summed E-state index contributed by atoms with van der Waals surface area (Å²) in [6.07, 6.45) is 12.0. The van der Waals surface area contributed by atoms with Crippen molar-refractivity contribution in [3.8, 4) is 0 Å². The fraction of sp³-hybridized carbons (Fsp3) is 0.941. The third-order valence-corrected chi connectivity index (χ3v) is 5.05. The second-order valence-corrected chi connectivity index (χ2v) is 6.65. The molecule has 0 radical (unpaired) electrons. The highest BCUT2D eigenvalue weighted by molar-refractivity contribution is 5.72. The van der Waals surface area contributed by atoms with E-state index in [-0.39, 0.29) is 18.2 Å². The Morgan fingerprint density at radius 1 is 0.952 bits per heavy atom. The highest BCUT2D eigenvalue weighted by atomic mass is 16.6. The average molecular weight is 297 g/mol. The van der Waals surface area contributed by atoms with Crippen LogP contribution in [0.4, 0.5) is 0 Å². The van der Waals surface area contributed by atoms with Crippen molar-refractivity contribution in [2.24, 2.45) is 0 Å². The molecule has 0 aromatic carbocycles. The van der Waals surface area contributed by atoms with Gasteiger partial charge in [0, 0.05) is 13.2 Å². The van der Waals surface area contributed by atoms with E-state index in [0.29, 0.717) is 12.6 Å². The zero-order valence-electron chi connectivity index (χ0n) is 13.7. The molecule has 4 heteroatoms. The van der Waals surface area contributed by atoms with Gasteiger partial charge in [-0.05, 0) is 39.2 Å². The van der Waals surface area contributed by atoms with Crippen LogP contribution in [0.3, 0.4) is 0 Å². The fourth-order valence-corrected chi connectivity index (χ4v) is 3.70. The van der Waals surface area contributed by atoms with Gasteiger partial charge in [0.15, 0.2) is 0 Å². The van der Waals surface area contributed by atoms with E-state index in [1.165, 1.54) is 44.9 Å². The van der Waals surface area contributed by atoms with Gasteiger partial charge < -0.3 is 9.47 Å². The van der Waals surface area contributed by atoms with Crippen LogP contribution in [-0.4, -0.2) is 49.8 Å². The van der Waals surface area contributed by atoms with Crippen molar-refractivity contribution in [1.29, 1.82) is 0 Å². The monoisotopic (exact) mass is 297 g/mol. The minimum absolute atomic E-state index is 0.0428. The van der Waals surface area contributed by atoms with Crippen LogP contribution in [0, 0.1) is 0 Å². The highest BCUT2D eigenvalue weighted by Crippen LogP contribution is 2.24. The van der Waals surface area contributed by atoms with Gasteiger partial charge in [0.05, 0.1) is 12.6 Å². The number of esters is 1. The fourth-order valence-electron chi connectivity index (χ4n) is 3.70. The van der Waals surface area contributed by atoms with Crippen molar-refractivity contribution in [2.45, 2.75) is 82.5 Å². The summed E-state index contributed by atoms with van der Waals surface area (Å²) >= 11 is 0. The van der Waals surface area contributed by atoms with Gasteiger partial charge in [-0.1, -0.05) is 32.1 Å². The Kier molecular flexibility index (Phi) is 6.97. The first kappa shape index (κ1) is 16.8. The standard InChI is InChI=1S/C17H31NO3/c1-18(14-9-5-3-4-6-10-14)13-17(19)21-16-12-8-7-11-15(16)20-2/h14-16H,3-13H2,1-2H3. The van der Waals surface area contributed by atoms with Crippen LogP contribution in [0.2, 0.25) is 0 Å². The third-order valence-electron chi connectivity index (χ3n) is 5.05. The number of hydrogen-bond acceptors (Lipinski definition) is 4. The van der Waals surface area contributed by atoms with E-state index in [0.717, 1.165) is 19.3 Å². The zero-order chi connectivity index (χ0) is 15.1. The molecule has 2 saturated carbocycles. The molecule has 2 fully saturated rings. The maximum atomic E-state index is 12.2. The first-order chi connectivity index (χ1) is 10.2. The van der Waals surface area contributed by atoms with Gasteiger partial charge in [0.25, 0.3) is 0 Å². The van der Waals surface area contributed by atoms with E-state index < -0.39 is 0 Å². The maximum absolute atomic E-state index is 12.2. The Bertz CT molecular complexity index is 313. The van der Waals surface area contributed by atoms with E-state index in [1.807, 2.05) is 0 Å². The average Bonchev–Trinajstić information content (AvgIpc) is 2.76. The molecular formula is C17H31NO3. The SMILES string of the molecule is COC1CCCCC1OC(=O)CN(C)C1CCCCCC1. The first-order valence-corrected chi connectivity index (χ1v) is 8.63. The van der Waals surface area contributed by atoms with Gasteiger partial charge in [-0.15, -0.1) is 0 Å². The molecule has 0 amide bonds. The molecule has 0 N–H and O–H groups in total. The number of methoxy groups -OCH3 is 1. The minimum atomic E-state index is -0.0873. The molecule has 0 aliphatic heterocycles. The smallest absolute Gasteiger partial charge is 0.320 e. The number of carbonyl (C=O) groups excluding carboxylic acids is 1. The summed E-state index contributed by atoms with van der Waals surface area (Å²) in [4.78, 5) is 14.4. The number of rotatable bonds is 5. The van der Waals surface area contributed by atoms with Gasteiger partial charge in [-0.3, -0.25) is 9.69 Å². The van der Waals surface area contributed by atoms with E-state index in [1.54, 1.807) is 7.11 Å². The molecule has 0 saturated heterocycles. The Hall–Kier alpha value is -0.610. The Balaban J connectivity index is 1.77. The Labute approximate surface area is 129 Å². The summed E-state index contributed by atoms with van der Waals surface area (Å²) in [5, 5.41) is 0. The van der Waals surface area contributed by atoms with Crippen molar-refractivity contribution in [1.82, 2.24) is 4.90 Å². The van der Waals surface area contributed by atoms with Gasteiger partial charge in [0.1, 0.15) is 6.10 Å². The van der Waals surface area contributed by atoms with Gasteiger partial charge in [-0.2, -0.15) is 0 Å². The summed E-state index contributed by atoms with van der Waals surface area (Å²) in [5.74, 6) is -0.0873. The molecule has 0 heterocycles. The van der Waals surface area contributed by atoms with Crippen molar-refractivity contribution < 1.29 is 14.3 Å². The molecule has 0 aromatic heterocycles. The summed E-state index contributed by atoms with van der Waals surface area (Å²) in [6.45, 7) is 0.414. The normalized spacial score (nSPS) is 28.3. The molecule has 21 heavy (non-hydrogen) atoms. The number of ether oxygens (including phenoxy) is 2. The second kappa shape index (κ2) is 8.74. The minimum Gasteiger partial charge on any atom is -0.459 e. The highest BCUT2D eigenvalue weighted by Gasteiger charge is 2.29. The second-order valence-electron chi connectivity index (χ2n) is 6.65. The van der Waals surface area contributed by atoms with Gasteiger partial charge in [0.2, 0.25) is 0 Å². The molecule has 122 valence electrons. The molecule has 2 aliphatic carbocycles. The molecule has 2 atom stereocenters. The lowest BCUT2D eigenvalue weighted by Gasteiger charge is -2.31. The van der Waals surface area contributed by atoms with Crippen molar-refractivity contribution in [3.05, 3.63) is 0 Å². The molecule has 2 rings (SSSR count). The van der Waals surface area contributed by atoms with Crippen molar-refractivity contribution in [3.63, 3.8) is 0 Å². The quantitative estimate of drug-likeness (QED) is 0.577. The third kappa shape index (κ3) is 5.26. The number of carbonyl (C=O) groups is 1. The predicted molar refractivity (Wildman–Crippen MR) is 83.3 cm³/mol. The molecule has 2 unspecified atom stereocenters. The van der Waals surface area contributed by atoms with E-state index in [2.05, 4.69) is 11.9 Å². The summed E-state index contributed by atoms with van der Waals surface area (Å²) < 4.78 is 11.1. The number of likely N-dealkylation sites (N-methyl/N-ethyl adjacent to an activating group) is 1. The van der Waals surface area contributed by atoms with E-state index in [4.69, 9.17) is 9.47 Å². The Morgan fingerprint density at radius 3 is 2.14 bits per heavy atom. The van der Waals surface area contributed by atoms with Crippen LogP contribution in [0.1, 0.15) is 64.2 Å². The lowest BCUT2D eigenvalue weighted by atomic mass is 9.94. The van der Waals surface area contributed by atoms with Crippen LogP contribution >= 0.6 is 0 Å². The first-order valence-electron chi connectivity index (χ1n) is 8.63. The molecule has 2 aliphatic rings. The number of hydrogen-bond donors (Lipinski definition) is 0. The lowest BCUT2D eigenvalue weighted by molar-refractivity contribution is -0.160. The van der Waals surface area contributed by atoms with E-state index in [9.17, 15) is 4.79 Å². The van der Waals surface area contributed by atoms with Gasteiger partial charge >= 0.3 is 5.97 Å². The summed E-state index contributed by atoms with van der Waals surface area (Å²) in [6, 6.07) is 0.546. The topological polar surface area (TPSA) is 38.8 Å². The Morgan fingerprint density at radius 2 is 1.52 bits per heavy atom. The van der Waals surface area contributed by atoms with Crippen LogP contribution in [0.25, 0.3) is 0 Å². The predicted octanol–water partition coefficient (Wildman–Crippen LogP) is 3.14. The lowest BCUT2D eigenvalue weighted by Crippen LogP contribution is -2.41. The maximum Gasteiger partial charge on any atom is 0.320 e. The van der Waals surface area contributed by atoms with E-state index >= 15 is 0 Å². The molecular weight excluding hydrogens is 266 g/mol. The molecule has 4 nitrogen and oxygen atoms in total. The van der Waals surface area contributed by atoms with Crippen molar-refractivity contribution in [2.75, 3.05) is 20.7 Å². The molecule has 0 bridgehead atoms. The largest absolute Gasteiger partial charge is 0.459 e. The van der Waals surface area contributed by atoms with Crippen LogP contribution in [0.5, 0.6) is 0 Å². The summed E-state index contributed by atoms with van der Waals surface area (Å²) in [7, 11) is 3.78. The molecule has 0 aromatic rings. The van der Waals surface area contributed by atoms with Gasteiger partial charge in [-0.25, -0.2) is 0 Å². The van der Waals surface area contributed by atoms with Crippen LogP contribution < -0.4 is 0 Å².